The van der Waals surface area contributed by atoms with Crippen LogP contribution in [0.2, 0.25) is 0 Å². The van der Waals surface area contributed by atoms with Crippen LogP contribution >= 0.6 is 15.9 Å². The predicted octanol–water partition coefficient (Wildman–Crippen LogP) is 3.60. The van der Waals surface area contributed by atoms with E-state index in [1.54, 1.807) is 0 Å². The molecule has 2 fully saturated rings. The van der Waals surface area contributed by atoms with Crippen LogP contribution in [-0.4, -0.2) is 33.1 Å². The van der Waals surface area contributed by atoms with E-state index in [2.05, 4.69) is 44.8 Å². The molecule has 0 N–H and O–H groups in total. The van der Waals surface area contributed by atoms with Gasteiger partial charge in [0.25, 0.3) is 0 Å². The molecule has 0 saturated heterocycles. The number of rotatable bonds is 5. The summed E-state index contributed by atoms with van der Waals surface area (Å²) in [6.45, 7) is 2.20. The highest BCUT2D eigenvalue weighted by atomic mass is 79.9. The zero-order valence-electron chi connectivity index (χ0n) is 11.8. The van der Waals surface area contributed by atoms with Crippen LogP contribution in [0.1, 0.15) is 50.3 Å². The van der Waals surface area contributed by atoms with Gasteiger partial charge in [-0.05, 0) is 44.7 Å². The maximum Gasteiger partial charge on any atom is 0.0764 e. The molecule has 1 aromatic heterocycles. The summed E-state index contributed by atoms with van der Waals surface area (Å²) in [5.74, 6) is 0.881. The zero-order chi connectivity index (χ0) is 13.2. The predicted molar refractivity (Wildman–Crippen MR) is 81.5 cm³/mol. The van der Waals surface area contributed by atoms with E-state index in [0.717, 1.165) is 17.3 Å². The third kappa shape index (κ3) is 3.40. The summed E-state index contributed by atoms with van der Waals surface area (Å²) < 4.78 is 2.20. The molecule has 4 heteroatoms. The Bertz CT molecular complexity index is 405. The Morgan fingerprint density at radius 3 is 2.79 bits per heavy atom. The smallest absolute Gasteiger partial charge is 0.0764 e. The van der Waals surface area contributed by atoms with Crippen molar-refractivity contribution in [3.05, 3.63) is 18.0 Å². The van der Waals surface area contributed by atoms with E-state index in [1.807, 2.05) is 0 Å². The largest absolute Gasteiger partial charge is 0.300 e. The van der Waals surface area contributed by atoms with Gasteiger partial charge in [-0.25, -0.2) is 0 Å². The van der Waals surface area contributed by atoms with E-state index in [1.165, 1.54) is 50.8 Å². The molecule has 2 aliphatic rings. The first-order chi connectivity index (χ1) is 9.20. The number of alkyl halides is 1. The maximum absolute atomic E-state index is 4.76. The molecule has 0 atom stereocenters. The zero-order valence-corrected chi connectivity index (χ0v) is 13.3. The second kappa shape index (κ2) is 5.96. The van der Waals surface area contributed by atoms with E-state index >= 15 is 0 Å². The summed E-state index contributed by atoms with van der Waals surface area (Å²) in [5.41, 5.74) is 1.23. The van der Waals surface area contributed by atoms with Gasteiger partial charge in [-0.3, -0.25) is 4.68 Å². The Hall–Kier alpha value is -0.350. The van der Waals surface area contributed by atoms with Crippen molar-refractivity contribution in [1.29, 1.82) is 0 Å². The molecule has 1 aromatic rings. The fourth-order valence-electron chi connectivity index (χ4n) is 3.42. The quantitative estimate of drug-likeness (QED) is 0.771. The first-order valence-corrected chi connectivity index (χ1v) is 8.49. The summed E-state index contributed by atoms with van der Waals surface area (Å²) in [6, 6.07) is 2.86. The number of halogens is 1. The summed E-state index contributed by atoms with van der Waals surface area (Å²) >= 11 is 3.66. The number of nitrogens with zero attached hydrogens (tertiary/aromatic N) is 3. The maximum atomic E-state index is 4.76. The molecular formula is C15H24BrN3. The van der Waals surface area contributed by atoms with E-state index in [9.17, 15) is 0 Å². The minimum atomic E-state index is 0.667. The molecule has 2 saturated carbocycles. The molecular weight excluding hydrogens is 302 g/mol. The molecule has 0 aliphatic heterocycles. The molecule has 106 valence electrons. The monoisotopic (exact) mass is 325 g/mol. The Kier molecular flexibility index (Phi) is 4.27. The van der Waals surface area contributed by atoms with Crippen LogP contribution in [0.3, 0.4) is 0 Å². The first-order valence-electron chi connectivity index (χ1n) is 7.57. The van der Waals surface area contributed by atoms with Gasteiger partial charge in [-0.15, -0.1) is 0 Å². The molecule has 0 radical (unpaired) electrons. The van der Waals surface area contributed by atoms with Gasteiger partial charge in [0.15, 0.2) is 0 Å². The molecule has 0 unspecified atom stereocenters. The lowest BCUT2D eigenvalue weighted by Crippen LogP contribution is -2.34. The lowest BCUT2D eigenvalue weighted by atomic mass is 9.85. The van der Waals surface area contributed by atoms with Crippen molar-refractivity contribution in [3.63, 3.8) is 0 Å². The molecule has 1 heterocycles. The molecule has 0 spiro atoms. The van der Waals surface area contributed by atoms with E-state index in [0.29, 0.717) is 6.04 Å². The molecule has 0 bridgehead atoms. The molecule has 2 aliphatic carbocycles. The topological polar surface area (TPSA) is 21.1 Å². The van der Waals surface area contributed by atoms with Crippen LogP contribution in [-0.2, 0) is 6.54 Å². The molecule has 3 nitrogen and oxygen atoms in total. The van der Waals surface area contributed by atoms with Crippen molar-refractivity contribution in [1.82, 2.24) is 14.7 Å². The van der Waals surface area contributed by atoms with Crippen LogP contribution in [0.15, 0.2) is 12.3 Å². The van der Waals surface area contributed by atoms with Crippen LogP contribution in [0, 0.1) is 5.92 Å². The van der Waals surface area contributed by atoms with E-state index < -0.39 is 0 Å². The highest BCUT2D eigenvalue weighted by Crippen LogP contribution is 2.33. The van der Waals surface area contributed by atoms with Crippen molar-refractivity contribution >= 4 is 15.9 Å². The minimum absolute atomic E-state index is 0.667. The molecule has 0 amide bonds. The average Bonchev–Trinajstić information content (AvgIpc) is 2.96. The van der Waals surface area contributed by atoms with Gasteiger partial charge in [0.1, 0.15) is 0 Å². The number of hydrogen-bond donors (Lipinski definition) is 0. The van der Waals surface area contributed by atoms with Gasteiger partial charge in [-0.2, -0.15) is 5.10 Å². The van der Waals surface area contributed by atoms with Gasteiger partial charge in [-0.1, -0.05) is 28.8 Å². The van der Waals surface area contributed by atoms with Crippen LogP contribution in [0.5, 0.6) is 0 Å². The van der Waals surface area contributed by atoms with Crippen molar-refractivity contribution in [3.8, 4) is 0 Å². The minimum Gasteiger partial charge on any atom is -0.300 e. The fraction of sp³-hybridized carbons (Fsp3) is 0.800. The van der Waals surface area contributed by atoms with E-state index in [4.69, 9.17) is 5.10 Å². The summed E-state index contributed by atoms with van der Waals surface area (Å²) in [4.78, 5) is 3.19. The third-order valence-corrected chi connectivity index (χ3v) is 5.29. The second-order valence-electron chi connectivity index (χ2n) is 6.36. The molecule has 0 aromatic carbocycles. The van der Waals surface area contributed by atoms with Gasteiger partial charge >= 0.3 is 0 Å². The normalized spacial score (nSPS) is 27.9. The Morgan fingerprint density at radius 2 is 2.11 bits per heavy atom. The SMILES string of the molecule is CN(Cc1ccn(C2CCCC2)n1)CC1CC(Br)C1. The highest BCUT2D eigenvalue weighted by molar-refractivity contribution is 9.09. The lowest BCUT2D eigenvalue weighted by Gasteiger charge is -2.34. The van der Waals surface area contributed by atoms with Crippen LogP contribution in [0.4, 0.5) is 0 Å². The van der Waals surface area contributed by atoms with Gasteiger partial charge < -0.3 is 4.90 Å². The Balaban J connectivity index is 1.49. The number of hydrogen-bond acceptors (Lipinski definition) is 2. The number of aromatic nitrogens is 2. The van der Waals surface area contributed by atoms with E-state index in [-0.39, 0.29) is 0 Å². The van der Waals surface area contributed by atoms with Crippen LogP contribution < -0.4 is 0 Å². The van der Waals surface area contributed by atoms with Crippen LogP contribution in [0.25, 0.3) is 0 Å². The van der Waals surface area contributed by atoms with Gasteiger partial charge in [0.2, 0.25) is 0 Å². The summed E-state index contributed by atoms with van der Waals surface area (Å²) in [7, 11) is 2.22. The Morgan fingerprint density at radius 1 is 1.37 bits per heavy atom. The molecule has 3 rings (SSSR count). The van der Waals surface area contributed by atoms with Crippen molar-refractivity contribution in [2.45, 2.75) is 55.9 Å². The van der Waals surface area contributed by atoms with Gasteiger partial charge in [0, 0.05) is 24.1 Å². The van der Waals surface area contributed by atoms with Crippen molar-refractivity contribution in [2.75, 3.05) is 13.6 Å². The third-order valence-electron chi connectivity index (χ3n) is 4.54. The summed E-state index contributed by atoms with van der Waals surface area (Å²) in [6.07, 6.45) is 10.2. The first kappa shape index (κ1) is 13.6. The van der Waals surface area contributed by atoms with Crippen molar-refractivity contribution in [2.24, 2.45) is 5.92 Å². The van der Waals surface area contributed by atoms with Gasteiger partial charge in [0.05, 0.1) is 11.7 Å². The summed E-state index contributed by atoms with van der Waals surface area (Å²) in [5, 5.41) is 4.76. The Labute approximate surface area is 124 Å². The lowest BCUT2D eigenvalue weighted by molar-refractivity contribution is 0.206. The fourth-order valence-corrected chi connectivity index (χ4v) is 4.48. The average molecular weight is 326 g/mol. The standard InChI is InChI=1S/C15H24BrN3/c1-18(10-12-8-13(16)9-12)11-14-6-7-19(17-14)15-4-2-3-5-15/h6-7,12-13,15H,2-5,8-11H2,1H3. The molecule has 19 heavy (non-hydrogen) atoms. The highest BCUT2D eigenvalue weighted by Gasteiger charge is 2.27. The second-order valence-corrected chi connectivity index (χ2v) is 7.65. The van der Waals surface area contributed by atoms with Crippen molar-refractivity contribution < 1.29 is 0 Å².